The molecule has 0 bridgehead atoms. The summed E-state index contributed by atoms with van der Waals surface area (Å²) in [5, 5.41) is 0. The van der Waals surface area contributed by atoms with Crippen molar-refractivity contribution in [2.24, 2.45) is 5.84 Å². The molecule has 0 aliphatic rings. The Morgan fingerprint density at radius 2 is 1.41 bits per heavy atom. The van der Waals surface area contributed by atoms with Crippen LogP contribution in [0, 0.1) is 0 Å². The molecule has 3 N–H and O–H groups in total. The second-order valence-corrected chi connectivity index (χ2v) is 4.93. The number of nitrogens with two attached hydrogens (primary N) is 1. The lowest BCUT2D eigenvalue weighted by atomic mass is 10.0. The standard InChI is InChI=1S/C14H15BrN2/c1-10(17-16)11-2-4-12(5-3-11)13-6-8-14(15)9-7-13/h2-10,17H,16H2,1H3/t10-/m1/s1. The van der Waals surface area contributed by atoms with Crippen molar-refractivity contribution in [2.75, 3.05) is 0 Å². The van der Waals surface area contributed by atoms with E-state index in [1.165, 1.54) is 16.7 Å². The smallest absolute Gasteiger partial charge is 0.0431 e. The number of hydrazine groups is 1. The average molecular weight is 291 g/mol. The lowest BCUT2D eigenvalue weighted by molar-refractivity contribution is 0.602. The summed E-state index contributed by atoms with van der Waals surface area (Å²) < 4.78 is 1.10. The molecule has 0 aromatic heterocycles. The summed E-state index contributed by atoms with van der Waals surface area (Å²) in [5.41, 5.74) is 6.36. The van der Waals surface area contributed by atoms with Crippen molar-refractivity contribution >= 4 is 15.9 Å². The van der Waals surface area contributed by atoms with E-state index in [9.17, 15) is 0 Å². The molecule has 0 saturated carbocycles. The van der Waals surface area contributed by atoms with Gasteiger partial charge in [0, 0.05) is 10.5 Å². The predicted octanol–water partition coefficient (Wildman–Crippen LogP) is 3.64. The van der Waals surface area contributed by atoms with E-state index < -0.39 is 0 Å². The summed E-state index contributed by atoms with van der Waals surface area (Å²) in [4.78, 5) is 0. The van der Waals surface area contributed by atoms with Crippen molar-refractivity contribution in [3.8, 4) is 11.1 Å². The molecule has 0 unspecified atom stereocenters. The number of benzene rings is 2. The Hall–Kier alpha value is -1.16. The Balaban J connectivity index is 2.26. The van der Waals surface area contributed by atoms with Crippen LogP contribution in [0.15, 0.2) is 53.0 Å². The first-order valence-corrected chi connectivity index (χ1v) is 6.32. The zero-order valence-electron chi connectivity index (χ0n) is 9.65. The van der Waals surface area contributed by atoms with Crippen LogP contribution >= 0.6 is 15.9 Å². The Bertz CT molecular complexity index is 477. The third kappa shape index (κ3) is 2.94. The highest BCUT2D eigenvalue weighted by molar-refractivity contribution is 9.10. The SMILES string of the molecule is C[C@@H](NN)c1ccc(-c2ccc(Br)cc2)cc1. The molecule has 3 heteroatoms. The summed E-state index contributed by atoms with van der Waals surface area (Å²) in [6.07, 6.45) is 0. The molecule has 0 radical (unpaired) electrons. The van der Waals surface area contributed by atoms with Crippen molar-refractivity contribution in [2.45, 2.75) is 13.0 Å². The number of nitrogens with one attached hydrogen (secondary N) is 1. The van der Waals surface area contributed by atoms with Crippen LogP contribution in [0.3, 0.4) is 0 Å². The summed E-state index contributed by atoms with van der Waals surface area (Å²) >= 11 is 3.44. The van der Waals surface area contributed by atoms with Gasteiger partial charge in [0.15, 0.2) is 0 Å². The maximum absolute atomic E-state index is 5.41. The van der Waals surface area contributed by atoms with Crippen molar-refractivity contribution in [3.63, 3.8) is 0 Å². The summed E-state index contributed by atoms with van der Waals surface area (Å²) in [6.45, 7) is 2.04. The topological polar surface area (TPSA) is 38.0 Å². The fraction of sp³-hybridized carbons (Fsp3) is 0.143. The summed E-state index contributed by atoms with van der Waals surface area (Å²) in [6, 6.07) is 16.9. The van der Waals surface area contributed by atoms with E-state index in [4.69, 9.17) is 5.84 Å². The summed E-state index contributed by atoms with van der Waals surface area (Å²) in [5.74, 6) is 5.41. The van der Waals surface area contributed by atoms with Crippen LogP contribution in [0.25, 0.3) is 11.1 Å². The van der Waals surface area contributed by atoms with Crippen LogP contribution in [-0.4, -0.2) is 0 Å². The molecule has 0 heterocycles. The molecule has 0 spiro atoms. The van der Waals surface area contributed by atoms with E-state index in [0.29, 0.717) is 0 Å². The molecule has 2 aromatic carbocycles. The van der Waals surface area contributed by atoms with Crippen molar-refractivity contribution < 1.29 is 0 Å². The first-order chi connectivity index (χ1) is 8.20. The van der Waals surface area contributed by atoms with Gasteiger partial charge in [-0.25, -0.2) is 0 Å². The molecule has 2 rings (SSSR count). The molecule has 17 heavy (non-hydrogen) atoms. The van der Waals surface area contributed by atoms with Gasteiger partial charge in [-0.3, -0.25) is 11.3 Å². The second-order valence-electron chi connectivity index (χ2n) is 4.02. The van der Waals surface area contributed by atoms with Gasteiger partial charge in [-0.1, -0.05) is 52.3 Å². The predicted molar refractivity (Wildman–Crippen MR) is 75.3 cm³/mol. The maximum Gasteiger partial charge on any atom is 0.0431 e. The minimum atomic E-state index is 0.175. The molecule has 88 valence electrons. The zero-order valence-corrected chi connectivity index (χ0v) is 11.2. The number of hydrogen-bond acceptors (Lipinski definition) is 2. The molecule has 0 aliphatic heterocycles. The Labute approximate surface area is 110 Å². The Morgan fingerprint density at radius 1 is 0.941 bits per heavy atom. The molecule has 0 saturated heterocycles. The van der Waals surface area contributed by atoms with Gasteiger partial charge in [0.1, 0.15) is 0 Å². The molecule has 0 fully saturated rings. The molecule has 0 aliphatic carbocycles. The van der Waals surface area contributed by atoms with Crippen LogP contribution in [0.2, 0.25) is 0 Å². The number of hydrogen-bond donors (Lipinski definition) is 2. The molecule has 0 amide bonds. The van der Waals surface area contributed by atoms with Crippen LogP contribution in [0.5, 0.6) is 0 Å². The van der Waals surface area contributed by atoms with Gasteiger partial charge >= 0.3 is 0 Å². The highest BCUT2D eigenvalue weighted by Crippen LogP contribution is 2.23. The quantitative estimate of drug-likeness (QED) is 0.669. The van der Waals surface area contributed by atoms with Crippen molar-refractivity contribution in [3.05, 3.63) is 58.6 Å². The van der Waals surface area contributed by atoms with Gasteiger partial charge in [-0.05, 0) is 35.7 Å². The first-order valence-electron chi connectivity index (χ1n) is 5.53. The number of halogens is 1. The highest BCUT2D eigenvalue weighted by atomic mass is 79.9. The third-order valence-corrected chi connectivity index (χ3v) is 3.37. The monoisotopic (exact) mass is 290 g/mol. The zero-order chi connectivity index (χ0) is 12.3. The fourth-order valence-electron chi connectivity index (χ4n) is 1.70. The Morgan fingerprint density at radius 3 is 1.88 bits per heavy atom. The average Bonchev–Trinajstić information content (AvgIpc) is 2.39. The van der Waals surface area contributed by atoms with E-state index >= 15 is 0 Å². The Kier molecular flexibility index (Phi) is 3.94. The minimum absolute atomic E-state index is 0.175. The third-order valence-electron chi connectivity index (χ3n) is 2.84. The second kappa shape index (κ2) is 5.45. The van der Waals surface area contributed by atoms with Crippen molar-refractivity contribution in [1.82, 2.24) is 5.43 Å². The van der Waals surface area contributed by atoms with Gasteiger partial charge in [0.25, 0.3) is 0 Å². The van der Waals surface area contributed by atoms with E-state index in [1.807, 2.05) is 19.1 Å². The normalized spacial score (nSPS) is 12.4. The van der Waals surface area contributed by atoms with Gasteiger partial charge in [-0.15, -0.1) is 0 Å². The lowest BCUT2D eigenvalue weighted by Crippen LogP contribution is -2.25. The minimum Gasteiger partial charge on any atom is -0.271 e. The van der Waals surface area contributed by atoms with Crippen LogP contribution in [-0.2, 0) is 0 Å². The molecular formula is C14H15BrN2. The van der Waals surface area contributed by atoms with Gasteiger partial charge < -0.3 is 0 Å². The van der Waals surface area contributed by atoms with Gasteiger partial charge in [-0.2, -0.15) is 0 Å². The molecule has 2 aromatic rings. The summed E-state index contributed by atoms with van der Waals surface area (Å²) in [7, 11) is 0. The van der Waals surface area contributed by atoms with E-state index in [0.717, 1.165) is 4.47 Å². The molecular weight excluding hydrogens is 276 g/mol. The lowest BCUT2D eigenvalue weighted by Gasteiger charge is -2.11. The number of rotatable bonds is 3. The van der Waals surface area contributed by atoms with Crippen LogP contribution in [0.4, 0.5) is 0 Å². The van der Waals surface area contributed by atoms with Crippen LogP contribution < -0.4 is 11.3 Å². The van der Waals surface area contributed by atoms with E-state index in [2.05, 4.69) is 57.8 Å². The van der Waals surface area contributed by atoms with Gasteiger partial charge in [0.05, 0.1) is 0 Å². The van der Waals surface area contributed by atoms with Crippen molar-refractivity contribution in [1.29, 1.82) is 0 Å². The fourth-order valence-corrected chi connectivity index (χ4v) is 1.97. The van der Waals surface area contributed by atoms with E-state index in [-0.39, 0.29) is 6.04 Å². The van der Waals surface area contributed by atoms with Crippen LogP contribution in [0.1, 0.15) is 18.5 Å². The maximum atomic E-state index is 5.41. The highest BCUT2D eigenvalue weighted by Gasteiger charge is 2.03. The first kappa shape index (κ1) is 12.3. The van der Waals surface area contributed by atoms with E-state index in [1.54, 1.807) is 0 Å². The largest absolute Gasteiger partial charge is 0.271 e. The molecule has 2 nitrogen and oxygen atoms in total. The molecule has 1 atom stereocenters. The van der Waals surface area contributed by atoms with Gasteiger partial charge in [0.2, 0.25) is 0 Å².